The fraction of sp³-hybridized carbons (Fsp3) is 0.385. The second kappa shape index (κ2) is 7.38. The highest BCUT2D eigenvalue weighted by molar-refractivity contribution is 5.92. The van der Waals surface area contributed by atoms with Crippen molar-refractivity contribution >= 4 is 17.5 Å². The number of amides is 2. The van der Waals surface area contributed by atoms with Crippen molar-refractivity contribution in [2.75, 3.05) is 32.1 Å². The standard InChI is InChI=1S/C13H19N3O3/c1-10(17)16(2)7-8-19-12-5-3-11(4-6-12)15-13(18)9-14/h3-6H,7-9,14H2,1-2H3,(H,15,18). The maximum absolute atomic E-state index is 11.1. The van der Waals surface area contributed by atoms with Gasteiger partial charge in [0.05, 0.1) is 13.1 Å². The Balaban J connectivity index is 2.40. The molecule has 0 atom stereocenters. The SMILES string of the molecule is CC(=O)N(C)CCOc1ccc(NC(=O)CN)cc1. The van der Waals surface area contributed by atoms with Gasteiger partial charge >= 0.3 is 0 Å². The summed E-state index contributed by atoms with van der Waals surface area (Å²) in [4.78, 5) is 23.6. The topological polar surface area (TPSA) is 84.7 Å². The molecule has 0 aliphatic rings. The Bertz CT molecular complexity index is 431. The van der Waals surface area contributed by atoms with E-state index in [9.17, 15) is 9.59 Å². The molecule has 0 spiro atoms. The number of benzene rings is 1. The highest BCUT2D eigenvalue weighted by Gasteiger charge is 2.02. The third kappa shape index (κ3) is 5.39. The quantitative estimate of drug-likeness (QED) is 0.781. The van der Waals surface area contributed by atoms with Crippen LogP contribution >= 0.6 is 0 Å². The van der Waals surface area contributed by atoms with Crippen LogP contribution in [0.2, 0.25) is 0 Å². The summed E-state index contributed by atoms with van der Waals surface area (Å²) in [5.74, 6) is 0.447. The van der Waals surface area contributed by atoms with Crippen LogP contribution in [0.3, 0.4) is 0 Å². The smallest absolute Gasteiger partial charge is 0.238 e. The Labute approximate surface area is 112 Å². The Morgan fingerprint density at radius 3 is 2.47 bits per heavy atom. The fourth-order valence-corrected chi connectivity index (χ4v) is 1.30. The number of nitrogens with two attached hydrogens (primary N) is 1. The Morgan fingerprint density at radius 1 is 1.32 bits per heavy atom. The lowest BCUT2D eigenvalue weighted by atomic mass is 10.3. The molecule has 0 radical (unpaired) electrons. The van der Waals surface area contributed by atoms with E-state index < -0.39 is 0 Å². The normalized spacial score (nSPS) is 9.84. The van der Waals surface area contributed by atoms with Crippen LogP contribution in [0, 0.1) is 0 Å². The van der Waals surface area contributed by atoms with Gasteiger partial charge in [-0.15, -0.1) is 0 Å². The van der Waals surface area contributed by atoms with Crippen molar-refractivity contribution in [1.82, 2.24) is 4.90 Å². The van der Waals surface area contributed by atoms with Gasteiger partial charge in [-0.25, -0.2) is 0 Å². The summed E-state index contributed by atoms with van der Waals surface area (Å²) in [5, 5.41) is 2.64. The van der Waals surface area contributed by atoms with E-state index in [0.717, 1.165) is 0 Å². The minimum Gasteiger partial charge on any atom is -0.492 e. The first-order valence-corrected chi connectivity index (χ1v) is 5.97. The zero-order chi connectivity index (χ0) is 14.3. The van der Waals surface area contributed by atoms with E-state index in [1.165, 1.54) is 6.92 Å². The van der Waals surface area contributed by atoms with Crippen molar-refractivity contribution in [3.8, 4) is 5.75 Å². The molecule has 3 N–H and O–H groups in total. The lowest BCUT2D eigenvalue weighted by Gasteiger charge is -2.15. The van der Waals surface area contributed by atoms with Crippen LogP contribution in [0.15, 0.2) is 24.3 Å². The van der Waals surface area contributed by atoms with Gasteiger partial charge in [0.25, 0.3) is 0 Å². The monoisotopic (exact) mass is 265 g/mol. The van der Waals surface area contributed by atoms with E-state index >= 15 is 0 Å². The number of nitrogens with zero attached hydrogens (tertiary/aromatic N) is 1. The second-order valence-corrected chi connectivity index (χ2v) is 4.07. The summed E-state index contributed by atoms with van der Waals surface area (Å²) >= 11 is 0. The van der Waals surface area contributed by atoms with Gasteiger partial charge in [0.2, 0.25) is 11.8 Å². The molecule has 2 amide bonds. The van der Waals surface area contributed by atoms with Crippen LogP contribution in [0.25, 0.3) is 0 Å². The number of hydrogen-bond acceptors (Lipinski definition) is 4. The molecular weight excluding hydrogens is 246 g/mol. The molecule has 0 aliphatic heterocycles. The summed E-state index contributed by atoms with van der Waals surface area (Å²) < 4.78 is 5.48. The maximum Gasteiger partial charge on any atom is 0.238 e. The number of carbonyl (C=O) groups is 2. The van der Waals surface area contributed by atoms with E-state index in [1.807, 2.05) is 0 Å². The third-order valence-electron chi connectivity index (χ3n) is 2.56. The molecule has 0 saturated heterocycles. The van der Waals surface area contributed by atoms with E-state index in [2.05, 4.69) is 5.32 Å². The van der Waals surface area contributed by atoms with Crippen LogP contribution in [-0.4, -0.2) is 43.5 Å². The predicted octanol–water partition coefficient (Wildman–Crippen LogP) is 0.441. The Kier molecular flexibility index (Phi) is 5.81. The largest absolute Gasteiger partial charge is 0.492 e. The zero-order valence-electron chi connectivity index (χ0n) is 11.2. The minimum absolute atomic E-state index is 0.00319. The van der Waals surface area contributed by atoms with E-state index in [4.69, 9.17) is 10.5 Å². The number of hydrogen-bond donors (Lipinski definition) is 2. The molecule has 6 heteroatoms. The zero-order valence-corrected chi connectivity index (χ0v) is 11.2. The molecule has 19 heavy (non-hydrogen) atoms. The molecule has 0 aliphatic carbocycles. The number of ether oxygens (including phenoxy) is 1. The van der Waals surface area contributed by atoms with Gasteiger partial charge in [-0.05, 0) is 24.3 Å². The molecular formula is C13H19N3O3. The first-order valence-electron chi connectivity index (χ1n) is 5.97. The van der Waals surface area contributed by atoms with E-state index in [-0.39, 0.29) is 18.4 Å². The fourth-order valence-electron chi connectivity index (χ4n) is 1.30. The van der Waals surface area contributed by atoms with Crippen molar-refractivity contribution in [2.24, 2.45) is 5.73 Å². The molecule has 0 heterocycles. The van der Waals surface area contributed by atoms with Gasteiger partial charge in [0, 0.05) is 19.7 Å². The average molecular weight is 265 g/mol. The number of carbonyl (C=O) groups excluding carboxylic acids is 2. The summed E-state index contributed by atoms with van der Waals surface area (Å²) in [6.45, 7) is 2.41. The number of likely N-dealkylation sites (N-methyl/N-ethyl adjacent to an activating group) is 1. The van der Waals surface area contributed by atoms with Gasteiger partial charge in [0.1, 0.15) is 12.4 Å². The Morgan fingerprint density at radius 2 is 1.95 bits per heavy atom. The van der Waals surface area contributed by atoms with Crippen LogP contribution in [0.5, 0.6) is 5.75 Å². The predicted molar refractivity (Wildman–Crippen MR) is 72.9 cm³/mol. The minimum atomic E-state index is -0.239. The summed E-state index contributed by atoms with van der Waals surface area (Å²) in [6, 6.07) is 6.97. The van der Waals surface area contributed by atoms with Gasteiger partial charge in [-0.1, -0.05) is 0 Å². The van der Waals surface area contributed by atoms with Crippen LogP contribution in [-0.2, 0) is 9.59 Å². The summed E-state index contributed by atoms with van der Waals surface area (Å²) in [7, 11) is 1.72. The van der Waals surface area contributed by atoms with Gasteiger partial charge in [-0.3, -0.25) is 9.59 Å². The molecule has 0 bridgehead atoms. The maximum atomic E-state index is 11.1. The van der Waals surface area contributed by atoms with Crippen LogP contribution in [0.1, 0.15) is 6.92 Å². The molecule has 104 valence electrons. The van der Waals surface area contributed by atoms with Crippen molar-refractivity contribution in [1.29, 1.82) is 0 Å². The van der Waals surface area contributed by atoms with Crippen LogP contribution in [0.4, 0.5) is 5.69 Å². The molecule has 1 rings (SSSR count). The lowest BCUT2D eigenvalue weighted by molar-refractivity contribution is -0.127. The molecule has 1 aromatic rings. The third-order valence-corrected chi connectivity index (χ3v) is 2.56. The highest BCUT2D eigenvalue weighted by Crippen LogP contribution is 2.15. The number of anilines is 1. The van der Waals surface area contributed by atoms with Crippen molar-refractivity contribution in [3.63, 3.8) is 0 Å². The van der Waals surface area contributed by atoms with Crippen molar-refractivity contribution < 1.29 is 14.3 Å². The molecule has 0 unspecified atom stereocenters. The van der Waals surface area contributed by atoms with E-state index in [0.29, 0.717) is 24.6 Å². The Hall–Kier alpha value is -2.08. The average Bonchev–Trinajstić information content (AvgIpc) is 2.40. The second-order valence-electron chi connectivity index (χ2n) is 4.07. The first kappa shape index (κ1) is 15.0. The first-order chi connectivity index (χ1) is 9.02. The summed E-state index contributed by atoms with van der Waals surface area (Å²) in [5.41, 5.74) is 5.87. The molecule has 1 aromatic carbocycles. The van der Waals surface area contributed by atoms with Crippen LogP contribution < -0.4 is 15.8 Å². The number of nitrogens with one attached hydrogen (secondary N) is 1. The molecule has 0 aromatic heterocycles. The van der Waals surface area contributed by atoms with E-state index in [1.54, 1.807) is 36.2 Å². The highest BCUT2D eigenvalue weighted by atomic mass is 16.5. The lowest BCUT2D eigenvalue weighted by Crippen LogP contribution is -2.28. The van der Waals surface area contributed by atoms with Crippen molar-refractivity contribution in [2.45, 2.75) is 6.92 Å². The van der Waals surface area contributed by atoms with Crippen molar-refractivity contribution in [3.05, 3.63) is 24.3 Å². The van der Waals surface area contributed by atoms with Gasteiger partial charge < -0.3 is 20.7 Å². The molecule has 0 saturated carbocycles. The van der Waals surface area contributed by atoms with Gasteiger partial charge in [-0.2, -0.15) is 0 Å². The molecule has 0 fully saturated rings. The molecule has 6 nitrogen and oxygen atoms in total. The summed E-state index contributed by atoms with van der Waals surface area (Å²) in [6.07, 6.45) is 0. The number of rotatable bonds is 6. The van der Waals surface area contributed by atoms with Gasteiger partial charge in [0.15, 0.2) is 0 Å².